The van der Waals surface area contributed by atoms with Crippen LogP contribution in [0.25, 0.3) is 10.2 Å². The maximum atomic E-state index is 13.6. The second-order valence-corrected chi connectivity index (χ2v) is 8.50. The van der Waals surface area contributed by atoms with Crippen molar-refractivity contribution in [2.24, 2.45) is 0 Å². The third-order valence-electron chi connectivity index (χ3n) is 4.84. The van der Waals surface area contributed by atoms with Crippen molar-refractivity contribution in [1.29, 1.82) is 0 Å². The van der Waals surface area contributed by atoms with Crippen molar-refractivity contribution in [3.05, 3.63) is 65.7 Å². The van der Waals surface area contributed by atoms with Crippen LogP contribution in [0.3, 0.4) is 0 Å². The van der Waals surface area contributed by atoms with Gasteiger partial charge in [-0.2, -0.15) is 5.10 Å². The smallest absolute Gasteiger partial charge is 0.280 e. The fraction of sp³-hybridized carbons (Fsp3) is 0.304. The highest BCUT2D eigenvalue weighted by Crippen LogP contribution is 2.35. The molecule has 31 heavy (non-hydrogen) atoms. The van der Waals surface area contributed by atoms with Crippen molar-refractivity contribution in [3.8, 4) is 5.75 Å². The van der Waals surface area contributed by atoms with Gasteiger partial charge in [0.05, 0.1) is 17.9 Å². The number of aryl methyl sites for hydroxylation is 1. The molecule has 1 amide bonds. The Kier molecular flexibility index (Phi) is 5.99. The molecular formula is C23H25N5O2S. The van der Waals surface area contributed by atoms with E-state index in [-0.39, 0.29) is 11.9 Å². The van der Waals surface area contributed by atoms with Crippen molar-refractivity contribution in [2.45, 2.75) is 40.3 Å². The molecule has 0 aliphatic rings. The number of thiazole rings is 1. The number of pyridine rings is 1. The number of fused-ring (bicyclic) bond motifs is 1. The lowest BCUT2D eigenvalue weighted by molar-refractivity contribution is 0.0979. The lowest BCUT2D eigenvalue weighted by Crippen LogP contribution is -2.31. The van der Waals surface area contributed by atoms with Gasteiger partial charge in [-0.25, -0.2) is 4.98 Å². The molecule has 0 aliphatic carbocycles. The first kappa shape index (κ1) is 21.0. The zero-order valence-electron chi connectivity index (χ0n) is 18.1. The molecule has 0 saturated carbocycles. The number of amides is 1. The number of hydrogen-bond donors (Lipinski definition) is 0. The van der Waals surface area contributed by atoms with Gasteiger partial charge in [-0.1, -0.05) is 23.5 Å². The summed E-state index contributed by atoms with van der Waals surface area (Å²) >= 11 is 1.46. The summed E-state index contributed by atoms with van der Waals surface area (Å²) in [7, 11) is 0. The van der Waals surface area contributed by atoms with E-state index in [0.717, 1.165) is 27.2 Å². The van der Waals surface area contributed by atoms with Crippen LogP contribution in [0.15, 0.2) is 48.8 Å². The van der Waals surface area contributed by atoms with Gasteiger partial charge in [-0.15, -0.1) is 0 Å². The summed E-state index contributed by atoms with van der Waals surface area (Å²) in [4.78, 5) is 24.2. The first-order valence-corrected chi connectivity index (χ1v) is 11.1. The Morgan fingerprint density at radius 3 is 2.77 bits per heavy atom. The van der Waals surface area contributed by atoms with Crippen LogP contribution < -0.4 is 9.64 Å². The topological polar surface area (TPSA) is 73.1 Å². The third kappa shape index (κ3) is 4.29. The molecule has 7 nitrogen and oxygen atoms in total. The van der Waals surface area contributed by atoms with Crippen LogP contribution in [0.5, 0.6) is 5.75 Å². The van der Waals surface area contributed by atoms with Crippen LogP contribution in [0.1, 0.15) is 48.6 Å². The molecular weight excluding hydrogens is 410 g/mol. The normalized spacial score (nSPS) is 11.3. The Balaban J connectivity index is 1.78. The molecule has 4 aromatic rings. The number of nitrogens with zero attached hydrogens (tertiary/aromatic N) is 5. The summed E-state index contributed by atoms with van der Waals surface area (Å²) in [6.45, 7) is 8.90. The molecule has 0 radical (unpaired) electrons. The second-order valence-electron chi connectivity index (χ2n) is 7.49. The molecule has 0 spiro atoms. The van der Waals surface area contributed by atoms with Crippen LogP contribution in [0.4, 0.5) is 5.13 Å². The van der Waals surface area contributed by atoms with Gasteiger partial charge in [0.2, 0.25) is 0 Å². The quantitative estimate of drug-likeness (QED) is 0.407. The fourth-order valence-electron chi connectivity index (χ4n) is 3.45. The van der Waals surface area contributed by atoms with Crippen molar-refractivity contribution < 1.29 is 9.53 Å². The van der Waals surface area contributed by atoms with Crippen LogP contribution in [-0.2, 0) is 6.54 Å². The van der Waals surface area contributed by atoms with Crippen LogP contribution in [0.2, 0.25) is 0 Å². The minimum absolute atomic E-state index is 0.171. The summed E-state index contributed by atoms with van der Waals surface area (Å²) in [5.74, 6) is 0.527. The predicted octanol–water partition coefficient (Wildman–Crippen LogP) is 5.02. The van der Waals surface area contributed by atoms with Crippen molar-refractivity contribution in [2.75, 3.05) is 11.5 Å². The van der Waals surface area contributed by atoms with Gasteiger partial charge < -0.3 is 4.74 Å². The Hall–Kier alpha value is -3.26. The summed E-state index contributed by atoms with van der Waals surface area (Å²) in [6.07, 6.45) is 3.48. The van der Waals surface area contributed by atoms with Crippen LogP contribution >= 0.6 is 11.3 Å². The zero-order chi connectivity index (χ0) is 22.0. The first-order valence-electron chi connectivity index (χ1n) is 10.3. The number of para-hydroxylation sites is 1. The van der Waals surface area contributed by atoms with Gasteiger partial charge in [0, 0.05) is 24.1 Å². The number of carbonyl (C=O) groups is 1. The number of benzene rings is 1. The molecule has 1 aromatic carbocycles. The van der Waals surface area contributed by atoms with Gasteiger partial charge in [0.15, 0.2) is 10.8 Å². The number of anilines is 1. The Morgan fingerprint density at radius 2 is 2.10 bits per heavy atom. The van der Waals surface area contributed by atoms with E-state index in [0.29, 0.717) is 24.0 Å². The van der Waals surface area contributed by atoms with Gasteiger partial charge in [-0.05, 0) is 57.5 Å². The molecule has 0 aliphatic heterocycles. The Bertz CT molecular complexity index is 1200. The Morgan fingerprint density at radius 1 is 1.26 bits per heavy atom. The molecule has 0 atom stereocenters. The van der Waals surface area contributed by atoms with E-state index in [2.05, 4.69) is 10.1 Å². The molecule has 0 saturated heterocycles. The standard InChI is InChI=1S/C23H25N5O2S/c1-5-30-19-9-6-10-20-21(19)25-23(31-20)27(14-17-8-7-11-24-13-17)22(29)18-12-16(4)28(26-18)15(2)3/h6-13,15H,5,14H2,1-4H3. The molecule has 3 aromatic heterocycles. The summed E-state index contributed by atoms with van der Waals surface area (Å²) in [6, 6.07) is 11.6. The SMILES string of the molecule is CCOc1cccc2sc(N(Cc3cccnc3)C(=O)c3cc(C)n(C(C)C)n3)nc12. The summed E-state index contributed by atoms with van der Waals surface area (Å²) in [5, 5.41) is 5.16. The minimum Gasteiger partial charge on any atom is -0.492 e. The molecule has 0 bridgehead atoms. The lowest BCUT2D eigenvalue weighted by atomic mass is 10.2. The van der Waals surface area contributed by atoms with E-state index in [1.807, 2.05) is 68.8 Å². The minimum atomic E-state index is -0.191. The van der Waals surface area contributed by atoms with Crippen molar-refractivity contribution >= 4 is 32.6 Å². The number of ether oxygens (including phenoxy) is 1. The monoisotopic (exact) mass is 435 g/mol. The van der Waals surface area contributed by atoms with Crippen LogP contribution in [0, 0.1) is 6.92 Å². The number of rotatable bonds is 7. The maximum absolute atomic E-state index is 13.6. The molecule has 3 heterocycles. The average Bonchev–Trinajstić information content (AvgIpc) is 3.37. The summed E-state index contributed by atoms with van der Waals surface area (Å²) < 4.78 is 8.56. The van der Waals surface area contributed by atoms with E-state index in [1.54, 1.807) is 17.3 Å². The lowest BCUT2D eigenvalue weighted by Gasteiger charge is -2.18. The van der Waals surface area contributed by atoms with E-state index in [9.17, 15) is 4.79 Å². The van der Waals surface area contributed by atoms with Gasteiger partial charge in [-0.3, -0.25) is 19.4 Å². The third-order valence-corrected chi connectivity index (χ3v) is 5.88. The molecule has 0 unspecified atom stereocenters. The van der Waals surface area contributed by atoms with Gasteiger partial charge in [0.1, 0.15) is 11.3 Å². The van der Waals surface area contributed by atoms with E-state index in [1.165, 1.54) is 11.3 Å². The molecule has 160 valence electrons. The second kappa shape index (κ2) is 8.85. The summed E-state index contributed by atoms with van der Waals surface area (Å²) in [5.41, 5.74) is 3.03. The van der Waals surface area contributed by atoms with E-state index < -0.39 is 0 Å². The highest BCUT2D eigenvalue weighted by Gasteiger charge is 2.25. The Labute approximate surface area is 185 Å². The molecule has 0 N–H and O–H groups in total. The molecule has 0 fully saturated rings. The number of aromatic nitrogens is 4. The van der Waals surface area contributed by atoms with Gasteiger partial charge in [0.25, 0.3) is 5.91 Å². The van der Waals surface area contributed by atoms with Crippen LogP contribution in [-0.4, -0.2) is 32.3 Å². The van der Waals surface area contributed by atoms with Crippen molar-refractivity contribution in [1.82, 2.24) is 19.7 Å². The van der Waals surface area contributed by atoms with Gasteiger partial charge >= 0.3 is 0 Å². The average molecular weight is 436 g/mol. The highest BCUT2D eigenvalue weighted by molar-refractivity contribution is 7.22. The number of hydrogen-bond acceptors (Lipinski definition) is 6. The predicted molar refractivity (Wildman–Crippen MR) is 123 cm³/mol. The maximum Gasteiger partial charge on any atom is 0.280 e. The highest BCUT2D eigenvalue weighted by atomic mass is 32.1. The largest absolute Gasteiger partial charge is 0.492 e. The first-order chi connectivity index (χ1) is 15.0. The van der Waals surface area contributed by atoms with E-state index >= 15 is 0 Å². The molecule has 4 rings (SSSR count). The fourth-order valence-corrected chi connectivity index (χ4v) is 4.43. The molecule has 8 heteroatoms. The van der Waals surface area contributed by atoms with Crippen molar-refractivity contribution in [3.63, 3.8) is 0 Å². The van der Waals surface area contributed by atoms with E-state index in [4.69, 9.17) is 9.72 Å². The number of carbonyl (C=O) groups excluding carboxylic acids is 1. The zero-order valence-corrected chi connectivity index (χ0v) is 18.9.